The average Bonchev–Trinajstić information content (AvgIpc) is 2.72. The standard InChI is InChI=1S/C12H16ClN3O2/c1-15-5-4-11(8-15)14-7-9-6-10(13)2-3-12(9)16(17)18/h2-3,6,11,14H,4-5,7-8H2,1H3. The molecule has 1 aliphatic heterocycles. The minimum absolute atomic E-state index is 0.123. The molecule has 1 saturated heterocycles. The quantitative estimate of drug-likeness (QED) is 0.671. The molecule has 5 nitrogen and oxygen atoms in total. The van der Waals surface area contributed by atoms with Crippen molar-refractivity contribution in [2.75, 3.05) is 20.1 Å². The maximum absolute atomic E-state index is 10.9. The lowest BCUT2D eigenvalue weighted by molar-refractivity contribution is -0.385. The van der Waals surface area contributed by atoms with Crippen molar-refractivity contribution in [1.29, 1.82) is 0 Å². The Hall–Kier alpha value is -1.17. The van der Waals surface area contributed by atoms with E-state index in [2.05, 4.69) is 17.3 Å². The number of nitrogens with one attached hydrogen (secondary N) is 1. The first kappa shape index (κ1) is 13.3. The lowest BCUT2D eigenvalue weighted by Gasteiger charge is -2.13. The molecule has 1 N–H and O–H groups in total. The molecule has 1 aliphatic rings. The second-order valence-corrected chi connectivity index (χ2v) is 5.10. The molecule has 98 valence electrons. The molecule has 1 aromatic carbocycles. The zero-order chi connectivity index (χ0) is 13.1. The molecule has 1 unspecified atom stereocenters. The van der Waals surface area contributed by atoms with Crippen LogP contribution in [0.25, 0.3) is 0 Å². The van der Waals surface area contributed by atoms with E-state index in [9.17, 15) is 10.1 Å². The number of rotatable bonds is 4. The molecule has 0 aromatic heterocycles. The van der Waals surface area contributed by atoms with Gasteiger partial charge in [0.15, 0.2) is 0 Å². The van der Waals surface area contributed by atoms with Crippen molar-refractivity contribution in [2.24, 2.45) is 0 Å². The molecule has 6 heteroatoms. The van der Waals surface area contributed by atoms with Crippen LogP contribution in [0.15, 0.2) is 18.2 Å². The molecule has 0 spiro atoms. The number of nitro benzene ring substituents is 1. The summed E-state index contributed by atoms with van der Waals surface area (Å²) in [6.45, 7) is 2.53. The smallest absolute Gasteiger partial charge is 0.273 e. The molecule has 0 amide bonds. The predicted octanol–water partition coefficient (Wildman–Crippen LogP) is 2.04. The average molecular weight is 270 g/mol. The number of hydrogen-bond acceptors (Lipinski definition) is 4. The summed E-state index contributed by atoms with van der Waals surface area (Å²) >= 11 is 5.88. The van der Waals surface area contributed by atoms with Crippen molar-refractivity contribution >= 4 is 17.3 Å². The Kier molecular flexibility index (Phi) is 4.16. The lowest BCUT2D eigenvalue weighted by Crippen LogP contribution is -2.31. The van der Waals surface area contributed by atoms with Gasteiger partial charge in [-0.3, -0.25) is 10.1 Å². The van der Waals surface area contributed by atoms with Gasteiger partial charge in [0.05, 0.1) is 4.92 Å². The zero-order valence-corrected chi connectivity index (χ0v) is 11.0. The van der Waals surface area contributed by atoms with E-state index in [1.807, 2.05) is 0 Å². The molecule has 0 radical (unpaired) electrons. The molecular weight excluding hydrogens is 254 g/mol. The van der Waals surface area contributed by atoms with E-state index in [0.717, 1.165) is 19.5 Å². The Bertz CT molecular complexity index is 453. The van der Waals surface area contributed by atoms with E-state index in [1.165, 1.54) is 6.07 Å². The SMILES string of the molecule is CN1CCC(NCc2cc(Cl)ccc2[N+](=O)[O-])C1. The molecule has 0 bridgehead atoms. The lowest BCUT2D eigenvalue weighted by atomic mass is 10.1. The van der Waals surface area contributed by atoms with Crippen LogP contribution in [-0.4, -0.2) is 36.0 Å². The van der Waals surface area contributed by atoms with Crippen LogP contribution in [0, 0.1) is 10.1 Å². The minimum Gasteiger partial charge on any atom is -0.308 e. The first-order chi connectivity index (χ1) is 8.56. The summed E-state index contributed by atoms with van der Waals surface area (Å²) in [4.78, 5) is 12.8. The Morgan fingerprint density at radius 2 is 2.39 bits per heavy atom. The van der Waals surface area contributed by atoms with Crippen LogP contribution in [0.4, 0.5) is 5.69 Å². The van der Waals surface area contributed by atoms with Gasteiger partial charge >= 0.3 is 0 Å². The number of benzene rings is 1. The fourth-order valence-electron chi connectivity index (χ4n) is 2.23. The number of likely N-dealkylation sites (N-methyl/N-ethyl adjacent to an activating group) is 1. The zero-order valence-electron chi connectivity index (χ0n) is 10.2. The summed E-state index contributed by atoms with van der Waals surface area (Å²) in [5.41, 5.74) is 0.764. The normalized spacial score (nSPS) is 20.2. The van der Waals surface area contributed by atoms with Crippen LogP contribution in [0.1, 0.15) is 12.0 Å². The van der Waals surface area contributed by atoms with Gasteiger partial charge in [0, 0.05) is 35.8 Å². The molecule has 0 aliphatic carbocycles. The molecule has 0 saturated carbocycles. The van der Waals surface area contributed by atoms with Gasteiger partial charge in [0.25, 0.3) is 5.69 Å². The third kappa shape index (κ3) is 3.19. The van der Waals surface area contributed by atoms with E-state index in [4.69, 9.17) is 11.6 Å². The highest BCUT2D eigenvalue weighted by molar-refractivity contribution is 6.30. The van der Waals surface area contributed by atoms with Gasteiger partial charge in [-0.05, 0) is 32.1 Å². The first-order valence-electron chi connectivity index (χ1n) is 5.91. The third-order valence-corrected chi connectivity index (χ3v) is 3.45. The molecule has 1 fully saturated rings. The maximum atomic E-state index is 10.9. The maximum Gasteiger partial charge on any atom is 0.273 e. The van der Waals surface area contributed by atoms with Crippen LogP contribution in [0.2, 0.25) is 5.02 Å². The second kappa shape index (κ2) is 5.65. The third-order valence-electron chi connectivity index (χ3n) is 3.21. The molecule has 1 atom stereocenters. The highest BCUT2D eigenvalue weighted by Gasteiger charge is 2.20. The van der Waals surface area contributed by atoms with Crippen molar-refractivity contribution in [2.45, 2.75) is 19.0 Å². The fourth-order valence-corrected chi connectivity index (χ4v) is 2.42. The first-order valence-corrected chi connectivity index (χ1v) is 6.29. The summed E-state index contributed by atoms with van der Waals surface area (Å²) in [5.74, 6) is 0. The van der Waals surface area contributed by atoms with Crippen LogP contribution < -0.4 is 5.32 Å². The van der Waals surface area contributed by atoms with Gasteiger partial charge in [0.1, 0.15) is 0 Å². The van der Waals surface area contributed by atoms with Crippen LogP contribution in [-0.2, 0) is 6.54 Å². The second-order valence-electron chi connectivity index (χ2n) is 4.66. The van der Waals surface area contributed by atoms with Gasteiger partial charge < -0.3 is 10.2 Å². The van der Waals surface area contributed by atoms with Crippen molar-refractivity contribution in [1.82, 2.24) is 10.2 Å². The Labute approximate surface area is 111 Å². The van der Waals surface area contributed by atoms with Crippen molar-refractivity contribution in [3.8, 4) is 0 Å². The van der Waals surface area contributed by atoms with E-state index in [-0.39, 0.29) is 10.6 Å². The highest BCUT2D eigenvalue weighted by atomic mass is 35.5. The Morgan fingerprint density at radius 3 is 3.00 bits per heavy atom. The summed E-state index contributed by atoms with van der Waals surface area (Å²) in [6.07, 6.45) is 1.07. The Balaban J connectivity index is 2.04. The Morgan fingerprint density at radius 1 is 1.61 bits per heavy atom. The summed E-state index contributed by atoms with van der Waals surface area (Å²) in [6, 6.07) is 5.06. The molecule has 18 heavy (non-hydrogen) atoms. The monoisotopic (exact) mass is 269 g/mol. The van der Waals surface area contributed by atoms with Crippen molar-refractivity contribution in [3.63, 3.8) is 0 Å². The van der Waals surface area contributed by atoms with E-state index < -0.39 is 0 Å². The minimum atomic E-state index is -0.367. The summed E-state index contributed by atoms with van der Waals surface area (Å²) in [7, 11) is 2.07. The molecule has 1 aromatic rings. The van der Waals surface area contributed by atoms with Crippen LogP contribution in [0.3, 0.4) is 0 Å². The van der Waals surface area contributed by atoms with Crippen LogP contribution in [0.5, 0.6) is 0 Å². The molecule has 2 rings (SSSR count). The molecule has 1 heterocycles. The topological polar surface area (TPSA) is 58.4 Å². The van der Waals surface area contributed by atoms with Gasteiger partial charge in [0.2, 0.25) is 0 Å². The number of nitro groups is 1. The van der Waals surface area contributed by atoms with E-state index in [1.54, 1.807) is 12.1 Å². The van der Waals surface area contributed by atoms with Gasteiger partial charge in [-0.1, -0.05) is 11.6 Å². The fraction of sp³-hybridized carbons (Fsp3) is 0.500. The highest BCUT2D eigenvalue weighted by Crippen LogP contribution is 2.23. The van der Waals surface area contributed by atoms with Gasteiger partial charge in [-0.2, -0.15) is 0 Å². The predicted molar refractivity (Wildman–Crippen MR) is 70.8 cm³/mol. The van der Waals surface area contributed by atoms with Crippen molar-refractivity contribution in [3.05, 3.63) is 38.9 Å². The van der Waals surface area contributed by atoms with E-state index in [0.29, 0.717) is 23.2 Å². The van der Waals surface area contributed by atoms with Gasteiger partial charge in [-0.15, -0.1) is 0 Å². The van der Waals surface area contributed by atoms with Crippen LogP contribution >= 0.6 is 11.6 Å². The number of nitrogens with zero attached hydrogens (tertiary/aromatic N) is 2. The van der Waals surface area contributed by atoms with Crippen molar-refractivity contribution < 1.29 is 4.92 Å². The number of halogens is 1. The summed E-state index contributed by atoms with van der Waals surface area (Å²) < 4.78 is 0. The van der Waals surface area contributed by atoms with Gasteiger partial charge in [-0.25, -0.2) is 0 Å². The number of hydrogen-bond donors (Lipinski definition) is 1. The largest absolute Gasteiger partial charge is 0.308 e. The molecular formula is C12H16ClN3O2. The number of likely N-dealkylation sites (tertiary alicyclic amines) is 1. The summed E-state index contributed by atoms with van der Waals surface area (Å²) in [5, 5.41) is 14.8. The van der Waals surface area contributed by atoms with E-state index >= 15 is 0 Å².